The van der Waals surface area contributed by atoms with Crippen LogP contribution in [-0.2, 0) is 60.7 Å². The molecule has 432 valence electrons. The zero-order valence-corrected chi connectivity index (χ0v) is 44.8. The molecule has 4 aromatic carbocycles. The molecule has 0 bridgehead atoms. The van der Waals surface area contributed by atoms with Gasteiger partial charge in [0.05, 0.1) is 78.5 Å². The van der Waals surface area contributed by atoms with Gasteiger partial charge in [-0.2, -0.15) is 29.9 Å². The lowest BCUT2D eigenvalue weighted by atomic mass is 10.1. The van der Waals surface area contributed by atoms with Crippen molar-refractivity contribution in [3.05, 3.63) is 83.9 Å². The van der Waals surface area contributed by atoms with Crippen LogP contribution in [0.15, 0.2) is 102 Å². The molecule has 6 rings (SSSR count). The van der Waals surface area contributed by atoms with E-state index < -0.39 is 175 Å². The molecule has 0 spiro atoms. The zero-order chi connectivity index (χ0) is 59.2. The normalized spacial score (nSPS) is 12.6. The Morgan fingerprint density at radius 1 is 0.362 bits per heavy atom. The van der Waals surface area contributed by atoms with Gasteiger partial charge in [0.1, 0.15) is 60.7 Å². The first-order valence-electron chi connectivity index (χ1n) is 21.7. The largest absolute Gasteiger partial charge is 0.744 e. The van der Waals surface area contributed by atoms with E-state index in [0.29, 0.717) is 36.4 Å². The van der Waals surface area contributed by atoms with Gasteiger partial charge in [-0.3, -0.25) is 0 Å². The molecule has 8 N–H and O–H groups in total. The van der Waals surface area contributed by atoms with Gasteiger partial charge in [0, 0.05) is 26.2 Å². The van der Waals surface area contributed by atoms with Crippen LogP contribution in [0.1, 0.15) is 11.1 Å². The van der Waals surface area contributed by atoms with Crippen molar-refractivity contribution in [2.45, 2.75) is 29.4 Å². The third-order valence-electron chi connectivity index (χ3n) is 10.3. The molecule has 0 atom stereocenters. The summed E-state index contributed by atoms with van der Waals surface area (Å²) in [6, 6.07) is 9.15. The maximum Gasteiger partial charge on any atom is 0.233 e. The molecule has 2 aromatic heterocycles. The molecule has 0 amide bonds. The van der Waals surface area contributed by atoms with Crippen LogP contribution in [0.25, 0.3) is 12.2 Å². The molecule has 0 aliphatic carbocycles. The molecule has 6 aromatic rings. The minimum atomic E-state index is -5.47. The highest BCUT2D eigenvalue weighted by Crippen LogP contribution is 2.33. The van der Waals surface area contributed by atoms with Crippen LogP contribution in [0.4, 0.5) is 58.4 Å². The van der Waals surface area contributed by atoms with E-state index in [-0.39, 0.29) is 37.3 Å². The molecule has 0 saturated heterocycles. The Morgan fingerprint density at radius 3 is 0.912 bits per heavy atom. The van der Waals surface area contributed by atoms with Gasteiger partial charge in [-0.15, -0.1) is 0 Å². The van der Waals surface area contributed by atoms with Crippen molar-refractivity contribution in [1.29, 1.82) is 0 Å². The minimum Gasteiger partial charge on any atom is -0.744 e. The van der Waals surface area contributed by atoms with Gasteiger partial charge in [-0.25, -0.2) is 50.5 Å². The van der Waals surface area contributed by atoms with E-state index in [1.54, 1.807) is 0 Å². The molecule has 2 heterocycles. The summed E-state index contributed by atoms with van der Waals surface area (Å²) in [6.45, 7) is -3.43. The molecule has 0 unspecified atom stereocenters. The van der Waals surface area contributed by atoms with Crippen LogP contribution in [-0.4, -0.2) is 181 Å². The van der Waals surface area contributed by atoms with Crippen molar-refractivity contribution in [3.63, 3.8) is 0 Å². The van der Waals surface area contributed by atoms with Gasteiger partial charge in [0.2, 0.25) is 35.7 Å². The summed E-state index contributed by atoms with van der Waals surface area (Å²) in [7, 11) is -32.2. The van der Waals surface area contributed by atoms with Crippen molar-refractivity contribution in [2.75, 3.05) is 83.7 Å². The van der Waals surface area contributed by atoms with Crippen molar-refractivity contribution < 1.29 is 98.2 Å². The van der Waals surface area contributed by atoms with Crippen LogP contribution < -0.4 is 31.1 Å². The maximum atomic E-state index is 12.7. The van der Waals surface area contributed by atoms with Crippen molar-refractivity contribution in [3.8, 4) is 0 Å². The van der Waals surface area contributed by atoms with Crippen molar-refractivity contribution in [1.82, 2.24) is 29.9 Å². The van der Waals surface area contributed by atoms with Crippen LogP contribution in [0, 0.1) is 0 Å². The lowest BCUT2D eigenvalue weighted by molar-refractivity contribution is 0.279. The van der Waals surface area contributed by atoms with Crippen molar-refractivity contribution >= 4 is 131 Å². The predicted octanol–water partition coefficient (Wildman–Crippen LogP) is -1.79. The Balaban J connectivity index is 1.37. The SMILES string of the molecule is O=S(=O)([O-])c1ccc(S(=O)(=O)[O-])c(Nc2nc(Nc3ccc(C=Cc4ccc(Nc5nc(Nc6cc(S(=O)(=O)[O-])ccc6S(=O)(=O)[O-])nc(N(CCO)CCO)n5)c(S(=O)(=O)[O-])c4)cc3S(=O)(=O)[O-])nc(N(CCO)CCO)n2)c1. The third kappa shape index (κ3) is 16.2. The molecule has 0 fully saturated rings. The Hall–Kier alpha value is -7.26. The first kappa shape index (κ1) is 61.9. The molecular formula is C40H38N12O22S6-6. The van der Waals surface area contributed by atoms with Crippen LogP contribution >= 0.6 is 0 Å². The van der Waals surface area contributed by atoms with Gasteiger partial charge < -0.3 is 78.8 Å². The highest BCUT2D eigenvalue weighted by molar-refractivity contribution is 7.87. The second-order valence-corrected chi connectivity index (χ2v) is 24.0. The van der Waals surface area contributed by atoms with Gasteiger partial charge in [0.15, 0.2) is 0 Å². The highest BCUT2D eigenvalue weighted by atomic mass is 32.2. The Bertz CT molecular complexity index is 3800. The van der Waals surface area contributed by atoms with Crippen LogP contribution in [0.5, 0.6) is 0 Å². The summed E-state index contributed by atoms with van der Waals surface area (Å²) in [6.07, 6.45) is 2.31. The van der Waals surface area contributed by atoms with E-state index in [1.807, 2.05) is 0 Å². The Morgan fingerprint density at radius 2 is 0.650 bits per heavy atom. The summed E-state index contributed by atoms with van der Waals surface area (Å²) in [5.74, 6) is -3.59. The monoisotopic (exact) mass is 1230 g/mol. The first-order chi connectivity index (χ1) is 37.2. The molecular weight excluding hydrogens is 1190 g/mol. The van der Waals surface area contributed by atoms with Gasteiger partial charge >= 0.3 is 0 Å². The first-order valence-corrected chi connectivity index (χ1v) is 30.2. The van der Waals surface area contributed by atoms with Crippen LogP contribution in [0.3, 0.4) is 0 Å². The lowest BCUT2D eigenvalue weighted by Gasteiger charge is -2.22. The zero-order valence-electron chi connectivity index (χ0n) is 39.9. The van der Waals surface area contributed by atoms with Crippen LogP contribution in [0.2, 0.25) is 0 Å². The fourth-order valence-corrected chi connectivity index (χ4v) is 10.4. The van der Waals surface area contributed by atoms with E-state index in [4.69, 9.17) is 0 Å². The number of hydrogen-bond donors (Lipinski definition) is 8. The van der Waals surface area contributed by atoms with E-state index in [1.165, 1.54) is 12.1 Å². The summed E-state index contributed by atoms with van der Waals surface area (Å²) in [5, 5.41) is 48.2. The molecule has 80 heavy (non-hydrogen) atoms. The van der Waals surface area contributed by atoms with Gasteiger partial charge in [0.25, 0.3) is 0 Å². The number of benzene rings is 4. The summed E-state index contributed by atoms with van der Waals surface area (Å²) < 4.78 is 220. The summed E-state index contributed by atoms with van der Waals surface area (Å²) >= 11 is 0. The fraction of sp³-hybridized carbons (Fsp3) is 0.200. The molecule has 34 nitrogen and oxygen atoms in total. The Labute approximate surface area is 454 Å². The van der Waals surface area contributed by atoms with E-state index in [2.05, 4.69) is 51.2 Å². The molecule has 40 heteroatoms. The summed E-state index contributed by atoms with van der Waals surface area (Å²) in [5.41, 5.74) is -2.88. The second-order valence-electron chi connectivity index (χ2n) is 15.8. The second kappa shape index (κ2) is 24.6. The number of aliphatic hydroxyl groups is 4. The number of hydrogen-bond acceptors (Lipinski definition) is 34. The molecule has 0 saturated carbocycles. The Kier molecular flexibility index (Phi) is 19.1. The number of anilines is 10. The average molecular weight is 1230 g/mol. The number of rotatable bonds is 26. The molecule has 0 aliphatic heterocycles. The highest BCUT2D eigenvalue weighted by Gasteiger charge is 2.22. The lowest BCUT2D eigenvalue weighted by Crippen LogP contribution is -2.31. The number of aliphatic hydroxyl groups excluding tert-OH is 4. The van der Waals surface area contributed by atoms with Gasteiger partial charge in [-0.05, 0) is 71.8 Å². The number of aromatic nitrogens is 6. The topological polar surface area (TPSA) is 556 Å². The molecule has 0 radical (unpaired) electrons. The van der Waals surface area contributed by atoms with E-state index in [0.717, 1.165) is 46.2 Å². The maximum absolute atomic E-state index is 12.7. The van der Waals surface area contributed by atoms with Gasteiger partial charge in [-0.1, -0.05) is 24.3 Å². The minimum absolute atomic E-state index is 0.0756. The smallest absolute Gasteiger partial charge is 0.233 e. The third-order valence-corrected chi connectivity index (χ3v) is 15.5. The van der Waals surface area contributed by atoms with E-state index in [9.17, 15) is 98.2 Å². The number of nitrogens with zero attached hydrogens (tertiary/aromatic N) is 8. The standard InChI is InChI=1S/C40H44N12O22S6/c53-15-11-51(12-16-54)39-47-35(45-37(49-39)43-29-21-25(75(57,58)59)5-9-31(29)77(63,64)65)41-27-7-3-23(19-33(27)79(69,70)71)1-2-24-4-8-28(34(20-24)80(72,73)74)42-36-46-38(50-40(48-36)52(13-17-55)14-18-56)44-30-22-26(76(60,61)62)6-10-32(30)78(66,67)68/h1-10,19-22,53-56H,11-18H2,(H,57,58,59)(H,60,61,62)(H,63,64,65)(H,66,67,68)(H,69,70,71)(H,72,73,74)(H2,41,43,45,47,49)(H2,42,44,46,48,50)/p-6. The average Bonchev–Trinajstić information content (AvgIpc) is 3.46. The summed E-state index contributed by atoms with van der Waals surface area (Å²) in [4.78, 5) is 20.4. The number of nitrogens with one attached hydrogen (secondary N) is 4. The fourth-order valence-electron chi connectivity index (χ4n) is 6.88. The predicted molar refractivity (Wildman–Crippen MR) is 268 cm³/mol. The molecule has 0 aliphatic rings. The van der Waals surface area contributed by atoms with Crippen molar-refractivity contribution in [2.24, 2.45) is 0 Å². The quantitative estimate of drug-likeness (QED) is 0.0220. The van der Waals surface area contributed by atoms with E-state index >= 15 is 0 Å².